The van der Waals surface area contributed by atoms with Crippen LogP contribution in [0.1, 0.15) is 20.3 Å². The van der Waals surface area contributed by atoms with Gasteiger partial charge in [-0.25, -0.2) is 4.39 Å². The molecule has 0 bridgehead atoms. The van der Waals surface area contributed by atoms with E-state index < -0.39 is 6.17 Å². The summed E-state index contributed by atoms with van der Waals surface area (Å²) in [6, 6.07) is 0. The lowest BCUT2D eigenvalue weighted by Gasteiger charge is -2.00. The third kappa shape index (κ3) is 4.54. The van der Waals surface area contributed by atoms with Gasteiger partial charge in [-0.05, 0) is 18.9 Å². The van der Waals surface area contributed by atoms with Crippen molar-refractivity contribution in [2.45, 2.75) is 26.4 Å². The van der Waals surface area contributed by atoms with Crippen LogP contribution < -0.4 is 0 Å². The predicted octanol–water partition coefficient (Wildman–Crippen LogP) is 3.42. The minimum Gasteiger partial charge on any atom is -0.243 e. The smallest absolute Gasteiger partial charge is 0.122 e. The molecule has 62 valence electrons. The monoisotopic (exact) mass is 154 g/mol. The highest BCUT2D eigenvalue weighted by molar-refractivity contribution is 5.24. The van der Waals surface area contributed by atoms with Crippen LogP contribution in [0.3, 0.4) is 0 Å². The molecule has 1 heteroatoms. The molecule has 0 aromatic heterocycles. The van der Waals surface area contributed by atoms with Crippen LogP contribution in [0.4, 0.5) is 4.39 Å². The molecule has 0 N–H and O–H groups in total. The maximum atomic E-state index is 12.7. The molecule has 0 nitrogen and oxygen atoms in total. The average molecular weight is 154 g/mol. The summed E-state index contributed by atoms with van der Waals surface area (Å²) < 4.78 is 12.7. The molecule has 0 heterocycles. The van der Waals surface area contributed by atoms with E-state index in [-0.39, 0.29) is 0 Å². The van der Waals surface area contributed by atoms with Gasteiger partial charge >= 0.3 is 0 Å². The molecule has 0 aliphatic rings. The zero-order valence-electron chi connectivity index (χ0n) is 7.18. The Bertz CT molecular complexity index is 164. The molecule has 0 aromatic rings. The van der Waals surface area contributed by atoms with Gasteiger partial charge in [0.25, 0.3) is 0 Å². The summed E-state index contributed by atoms with van der Waals surface area (Å²) >= 11 is 0. The Kier molecular flexibility index (Phi) is 5.44. The molecule has 1 atom stereocenters. The van der Waals surface area contributed by atoms with E-state index in [4.69, 9.17) is 0 Å². The lowest BCUT2D eigenvalue weighted by Crippen LogP contribution is -1.94. The Balaban J connectivity index is 4.22. The maximum Gasteiger partial charge on any atom is 0.122 e. The van der Waals surface area contributed by atoms with Crippen molar-refractivity contribution in [2.75, 3.05) is 0 Å². The first-order valence-electron chi connectivity index (χ1n) is 3.85. The normalized spacial score (nSPS) is 15.4. The molecule has 0 amide bonds. The molecular formula is C10H15F. The van der Waals surface area contributed by atoms with Gasteiger partial charge in [0.15, 0.2) is 0 Å². The van der Waals surface area contributed by atoms with Crippen LogP contribution in [0.5, 0.6) is 0 Å². The second-order valence-electron chi connectivity index (χ2n) is 2.32. The van der Waals surface area contributed by atoms with Crippen molar-refractivity contribution in [3.63, 3.8) is 0 Å². The molecule has 0 saturated carbocycles. The van der Waals surface area contributed by atoms with E-state index in [0.717, 1.165) is 12.0 Å². The fourth-order valence-corrected chi connectivity index (χ4v) is 0.778. The first kappa shape index (κ1) is 10.2. The van der Waals surface area contributed by atoms with Crippen LogP contribution in [0.15, 0.2) is 36.5 Å². The highest BCUT2D eigenvalue weighted by atomic mass is 19.1. The molecule has 0 aliphatic heterocycles. The highest BCUT2D eigenvalue weighted by Crippen LogP contribution is 2.08. The molecule has 0 fully saturated rings. The minimum atomic E-state index is -0.883. The van der Waals surface area contributed by atoms with Gasteiger partial charge in [-0.3, -0.25) is 0 Å². The summed E-state index contributed by atoms with van der Waals surface area (Å²) in [4.78, 5) is 0. The minimum absolute atomic E-state index is 0.729. The van der Waals surface area contributed by atoms with E-state index in [1.54, 1.807) is 18.2 Å². The Hall–Kier alpha value is -0.850. The third-order valence-electron chi connectivity index (χ3n) is 1.32. The van der Waals surface area contributed by atoms with Crippen molar-refractivity contribution >= 4 is 0 Å². The SMILES string of the molecule is C=C/C=C\C(=C/CC)C(C)F. The van der Waals surface area contributed by atoms with Gasteiger partial charge in [-0.2, -0.15) is 0 Å². The zero-order valence-corrected chi connectivity index (χ0v) is 7.18. The summed E-state index contributed by atoms with van der Waals surface area (Å²) in [7, 11) is 0. The summed E-state index contributed by atoms with van der Waals surface area (Å²) in [6.07, 6.45) is 7.01. The lowest BCUT2D eigenvalue weighted by atomic mass is 10.1. The number of alkyl halides is 1. The molecule has 11 heavy (non-hydrogen) atoms. The number of hydrogen-bond donors (Lipinski definition) is 0. The van der Waals surface area contributed by atoms with Crippen molar-refractivity contribution < 1.29 is 4.39 Å². The Morgan fingerprint density at radius 3 is 2.64 bits per heavy atom. The topological polar surface area (TPSA) is 0 Å². The largest absolute Gasteiger partial charge is 0.243 e. The van der Waals surface area contributed by atoms with Gasteiger partial charge in [-0.1, -0.05) is 37.8 Å². The van der Waals surface area contributed by atoms with Crippen molar-refractivity contribution in [3.8, 4) is 0 Å². The van der Waals surface area contributed by atoms with E-state index >= 15 is 0 Å². The second kappa shape index (κ2) is 5.90. The van der Waals surface area contributed by atoms with E-state index in [1.807, 2.05) is 13.0 Å². The lowest BCUT2D eigenvalue weighted by molar-refractivity contribution is 0.416. The molecule has 0 rings (SSSR count). The Labute approximate surface area is 68.1 Å². The fourth-order valence-electron chi connectivity index (χ4n) is 0.778. The van der Waals surface area contributed by atoms with Crippen molar-refractivity contribution in [3.05, 3.63) is 36.5 Å². The maximum absolute atomic E-state index is 12.7. The molecule has 0 radical (unpaired) electrons. The number of halogens is 1. The predicted molar refractivity (Wildman–Crippen MR) is 48.3 cm³/mol. The van der Waals surface area contributed by atoms with Crippen LogP contribution in [-0.2, 0) is 0 Å². The van der Waals surface area contributed by atoms with Crippen LogP contribution in [0.25, 0.3) is 0 Å². The van der Waals surface area contributed by atoms with Crippen LogP contribution >= 0.6 is 0 Å². The first-order chi connectivity index (χ1) is 5.22. The van der Waals surface area contributed by atoms with E-state index in [1.165, 1.54) is 6.92 Å². The van der Waals surface area contributed by atoms with E-state index in [0.29, 0.717) is 0 Å². The quantitative estimate of drug-likeness (QED) is 0.544. The van der Waals surface area contributed by atoms with Gasteiger partial charge in [0.2, 0.25) is 0 Å². The van der Waals surface area contributed by atoms with Crippen LogP contribution in [-0.4, -0.2) is 6.17 Å². The summed E-state index contributed by atoms with van der Waals surface area (Å²) in [5, 5.41) is 0. The van der Waals surface area contributed by atoms with Crippen LogP contribution in [0, 0.1) is 0 Å². The molecule has 0 spiro atoms. The molecular weight excluding hydrogens is 139 g/mol. The third-order valence-corrected chi connectivity index (χ3v) is 1.32. The van der Waals surface area contributed by atoms with Gasteiger partial charge < -0.3 is 0 Å². The van der Waals surface area contributed by atoms with Crippen molar-refractivity contribution in [1.29, 1.82) is 0 Å². The number of rotatable bonds is 4. The highest BCUT2D eigenvalue weighted by Gasteiger charge is 2.00. The zero-order chi connectivity index (χ0) is 8.69. The Morgan fingerprint density at radius 1 is 1.64 bits per heavy atom. The van der Waals surface area contributed by atoms with Gasteiger partial charge in [0.05, 0.1) is 0 Å². The summed E-state index contributed by atoms with van der Waals surface area (Å²) in [5.74, 6) is 0. The van der Waals surface area contributed by atoms with Crippen molar-refractivity contribution in [1.82, 2.24) is 0 Å². The first-order valence-corrected chi connectivity index (χ1v) is 3.85. The summed E-state index contributed by atoms with van der Waals surface area (Å²) in [6.45, 7) is 7.04. The number of hydrogen-bond acceptors (Lipinski definition) is 0. The van der Waals surface area contributed by atoms with E-state index in [9.17, 15) is 4.39 Å². The molecule has 0 aromatic carbocycles. The molecule has 0 aliphatic carbocycles. The molecule has 1 unspecified atom stereocenters. The van der Waals surface area contributed by atoms with Gasteiger partial charge in [0.1, 0.15) is 6.17 Å². The van der Waals surface area contributed by atoms with Crippen molar-refractivity contribution in [2.24, 2.45) is 0 Å². The average Bonchev–Trinajstić information content (AvgIpc) is 1.97. The van der Waals surface area contributed by atoms with Gasteiger partial charge in [0, 0.05) is 0 Å². The molecule has 0 saturated heterocycles. The van der Waals surface area contributed by atoms with Gasteiger partial charge in [-0.15, -0.1) is 0 Å². The van der Waals surface area contributed by atoms with E-state index in [2.05, 4.69) is 6.58 Å². The van der Waals surface area contributed by atoms with Crippen LogP contribution in [0.2, 0.25) is 0 Å². The fraction of sp³-hybridized carbons (Fsp3) is 0.400. The summed E-state index contributed by atoms with van der Waals surface area (Å²) in [5.41, 5.74) is 0.729. The second-order valence-corrected chi connectivity index (χ2v) is 2.32. The Morgan fingerprint density at radius 2 is 2.27 bits per heavy atom. The standard InChI is InChI=1S/C10H15F/c1-4-6-8-10(7-5-2)9(3)11/h4,6-9H,1,5H2,2-3H3/b8-6-,10-7+. The number of allylic oxidation sites excluding steroid dienone is 5.